The molecule has 204 valence electrons. The average molecular weight is 518 g/mol. The summed E-state index contributed by atoms with van der Waals surface area (Å²) < 4.78 is 0. The molecule has 2 amide bonds. The van der Waals surface area contributed by atoms with Crippen LogP contribution in [0.4, 0.5) is 11.4 Å². The fourth-order valence-electron chi connectivity index (χ4n) is 5.05. The van der Waals surface area contributed by atoms with Crippen LogP contribution < -0.4 is 21.8 Å². The molecule has 1 unspecified atom stereocenters. The van der Waals surface area contributed by atoms with E-state index in [-0.39, 0.29) is 23.8 Å². The second-order valence-corrected chi connectivity index (χ2v) is 10.2. The van der Waals surface area contributed by atoms with E-state index in [4.69, 9.17) is 11.6 Å². The van der Waals surface area contributed by atoms with Crippen molar-refractivity contribution in [3.63, 3.8) is 0 Å². The number of nitrogens with two attached hydrogens (primary N) is 2. The topological polar surface area (TPSA) is 105 Å². The van der Waals surface area contributed by atoms with Crippen molar-refractivity contribution in [1.29, 1.82) is 0 Å². The summed E-state index contributed by atoms with van der Waals surface area (Å²) in [4.78, 5) is 26.5. The van der Waals surface area contributed by atoms with E-state index in [1.165, 1.54) is 0 Å². The third-order valence-corrected chi connectivity index (χ3v) is 7.05. The zero-order chi connectivity index (χ0) is 27.7. The van der Waals surface area contributed by atoms with Crippen LogP contribution in [0.3, 0.4) is 0 Å². The predicted molar refractivity (Wildman–Crippen MR) is 157 cm³/mol. The number of anilines is 2. The first kappa shape index (κ1) is 29.0. The molecule has 0 saturated carbocycles. The number of carbonyl (C=O) groups excluding carboxylic acids is 2. The zero-order valence-corrected chi connectivity index (χ0v) is 23.1. The van der Waals surface area contributed by atoms with Gasteiger partial charge in [0.1, 0.15) is 0 Å². The molecule has 2 aromatic rings. The van der Waals surface area contributed by atoms with Gasteiger partial charge in [-0.1, -0.05) is 51.0 Å². The minimum atomic E-state index is -0.126. The van der Waals surface area contributed by atoms with E-state index in [0.717, 1.165) is 72.3 Å². The minimum absolute atomic E-state index is 0.000376. The van der Waals surface area contributed by atoms with Crippen LogP contribution in [-0.2, 0) is 9.59 Å². The Balaban J connectivity index is 1.87. The van der Waals surface area contributed by atoms with Gasteiger partial charge in [-0.05, 0) is 61.1 Å². The molecule has 5 N–H and O–H groups in total. The summed E-state index contributed by atoms with van der Waals surface area (Å²) in [5.74, 6) is 6.72. The third-order valence-electron chi connectivity index (χ3n) is 7.05. The summed E-state index contributed by atoms with van der Waals surface area (Å²) in [5, 5.41) is 4.67. The maximum atomic E-state index is 12.5. The molecule has 0 aromatic heterocycles. The molecule has 2 aromatic carbocycles. The fourth-order valence-corrected chi connectivity index (χ4v) is 5.05. The quantitative estimate of drug-likeness (QED) is 0.134. The molecule has 38 heavy (non-hydrogen) atoms. The van der Waals surface area contributed by atoms with Crippen LogP contribution in [0.15, 0.2) is 67.0 Å². The van der Waals surface area contributed by atoms with Gasteiger partial charge in [0.2, 0.25) is 11.8 Å². The molecular weight excluding hydrogens is 474 g/mol. The lowest BCUT2D eigenvalue weighted by molar-refractivity contribution is -0.117. The number of hydrazine groups is 1. The standard InChI is InChI=1S/C31H43N5O2/c1-5-7-9-11-26(32)21-36(33)31-22(3)20-35(23(4)37)29-18-15-25(19-28(29)31)24-13-16-27(17-14-24)34-30(38)12-10-8-6-2/h6,13-19,21-22,31H,2,5,7-12,20,32-33H2,1,3-4H3,(H,34,38)/b26-21-/t22-,31?/m1/s1. The Bertz CT molecular complexity index is 1140. The average Bonchev–Trinajstić information content (AvgIpc) is 2.88. The number of hydrogen-bond donors (Lipinski definition) is 3. The normalized spacial score (nSPS) is 17.1. The molecule has 2 atom stereocenters. The van der Waals surface area contributed by atoms with E-state index in [1.807, 2.05) is 53.6 Å². The van der Waals surface area contributed by atoms with Crippen LogP contribution in [0.25, 0.3) is 11.1 Å². The smallest absolute Gasteiger partial charge is 0.224 e. The largest absolute Gasteiger partial charge is 0.401 e. The summed E-state index contributed by atoms with van der Waals surface area (Å²) in [6, 6.07) is 13.8. The summed E-state index contributed by atoms with van der Waals surface area (Å²) in [6.45, 7) is 10.2. The molecule has 7 heteroatoms. The van der Waals surface area contributed by atoms with Crippen molar-refractivity contribution in [3.8, 4) is 11.1 Å². The Kier molecular flexibility index (Phi) is 10.5. The number of fused-ring (bicyclic) bond motifs is 1. The van der Waals surface area contributed by atoms with E-state index >= 15 is 0 Å². The number of amides is 2. The van der Waals surface area contributed by atoms with Crippen LogP contribution in [0.1, 0.15) is 77.3 Å². The van der Waals surface area contributed by atoms with E-state index in [0.29, 0.717) is 13.0 Å². The van der Waals surface area contributed by atoms with Gasteiger partial charge in [0.15, 0.2) is 0 Å². The number of hydrogen-bond acceptors (Lipinski definition) is 5. The highest BCUT2D eigenvalue weighted by molar-refractivity contribution is 5.94. The zero-order valence-electron chi connectivity index (χ0n) is 23.1. The van der Waals surface area contributed by atoms with Crippen molar-refractivity contribution in [2.75, 3.05) is 16.8 Å². The molecule has 0 spiro atoms. The number of nitrogens with one attached hydrogen (secondary N) is 1. The van der Waals surface area contributed by atoms with Crippen LogP contribution in [0.5, 0.6) is 0 Å². The Morgan fingerprint density at radius 3 is 2.47 bits per heavy atom. The van der Waals surface area contributed by atoms with E-state index in [2.05, 4.69) is 31.8 Å². The van der Waals surface area contributed by atoms with Gasteiger partial charge < -0.3 is 21.0 Å². The van der Waals surface area contributed by atoms with Crippen molar-refractivity contribution >= 4 is 23.2 Å². The van der Waals surface area contributed by atoms with Gasteiger partial charge in [-0.15, -0.1) is 6.58 Å². The maximum absolute atomic E-state index is 12.5. The molecule has 3 rings (SSSR count). The molecule has 1 heterocycles. The number of rotatable bonds is 12. The van der Waals surface area contributed by atoms with Gasteiger partial charge >= 0.3 is 0 Å². The summed E-state index contributed by atoms with van der Waals surface area (Å²) in [6.07, 6.45) is 9.88. The molecular formula is C31H43N5O2. The Morgan fingerprint density at radius 2 is 1.82 bits per heavy atom. The van der Waals surface area contributed by atoms with Crippen molar-refractivity contribution < 1.29 is 9.59 Å². The van der Waals surface area contributed by atoms with Gasteiger partial charge in [0, 0.05) is 54.6 Å². The van der Waals surface area contributed by atoms with Crippen molar-refractivity contribution in [2.24, 2.45) is 17.5 Å². The lowest BCUT2D eigenvalue weighted by Gasteiger charge is -2.42. The van der Waals surface area contributed by atoms with Crippen LogP contribution >= 0.6 is 0 Å². The highest BCUT2D eigenvalue weighted by Crippen LogP contribution is 2.42. The first-order chi connectivity index (χ1) is 18.2. The number of carbonyl (C=O) groups is 2. The van der Waals surface area contributed by atoms with Gasteiger partial charge in [0.05, 0.1) is 6.04 Å². The highest BCUT2D eigenvalue weighted by Gasteiger charge is 2.35. The van der Waals surface area contributed by atoms with Gasteiger partial charge in [-0.25, -0.2) is 5.84 Å². The second kappa shape index (κ2) is 13.8. The van der Waals surface area contributed by atoms with Crippen molar-refractivity contribution in [2.45, 2.75) is 71.8 Å². The van der Waals surface area contributed by atoms with Gasteiger partial charge in [-0.3, -0.25) is 9.59 Å². The fraction of sp³-hybridized carbons (Fsp3) is 0.419. The Hall–Kier alpha value is -3.58. The van der Waals surface area contributed by atoms with E-state index < -0.39 is 0 Å². The van der Waals surface area contributed by atoms with Crippen molar-refractivity contribution in [3.05, 3.63) is 72.6 Å². The summed E-state index contributed by atoms with van der Waals surface area (Å²) in [5.41, 5.74) is 11.7. The number of nitrogens with zero attached hydrogens (tertiary/aromatic N) is 2. The molecule has 1 aliphatic heterocycles. The first-order valence-electron chi connectivity index (χ1n) is 13.7. The van der Waals surface area contributed by atoms with Crippen LogP contribution in [0, 0.1) is 5.92 Å². The molecule has 0 fully saturated rings. The minimum Gasteiger partial charge on any atom is -0.401 e. The molecule has 0 radical (unpaired) electrons. The summed E-state index contributed by atoms with van der Waals surface area (Å²) in [7, 11) is 0. The lowest BCUT2D eigenvalue weighted by atomic mass is 9.86. The molecule has 1 aliphatic rings. The van der Waals surface area contributed by atoms with Gasteiger partial charge in [0.25, 0.3) is 0 Å². The Morgan fingerprint density at radius 1 is 1.11 bits per heavy atom. The first-order valence-corrected chi connectivity index (χ1v) is 13.7. The number of allylic oxidation sites excluding steroid dienone is 2. The maximum Gasteiger partial charge on any atom is 0.224 e. The third kappa shape index (κ3) is 7.48. The Labute approximate surface area is 227 Å². The van der Waals surface area contributed by atoms with E-state index in [1.54, 1.807) is 11.9 Å². The SMILES string of the molecule is C=CCCCC(=O)Nc1ccc(-c2ccc3c(c2)C(N(N)/C=C(\N)CCCCC)[C@H](C)CN3C(C)=O)cc1. The summed E-state index contributed by atoms with van der Waals surface area (Å²) >= 11 is 0. The molecule has 7 nitrogen and oxygen atoms in total. The second-order valence-electron chi connectivity index (χ2n) is 10.2. The van der Waals surface area contributed by atoms with Crippen LogP contribution in [0.2, 0.25) is 0 Å². The number of unbranched alkanes of at least 4 members (excludes halogenated alkanes) is 3. The van der Waals surface area contributed by atoms with Crippen molar-refractivity contribution in [1.82, 2.24) is 5.01 Å². The van der Waals surface area contributed by atoms with Gasteiger partial charge in [-0.2, -0.15) is 0 Å². The lowest BCUT2D eigenvalue weighted by Crippen LogP contribution is -2.46. The number of benzene rings is 2. The van der Waals surface area contributed by atoms with E-state index in [9.17, 15) is 9.59 Å². The molecule has 0 saturated heterocycles. The monoisotopic (exact) mass is 517 g/mol. The predicted octanol–water partition coefficient (Wildman–Crippen LogP) is 6.25. The molecule has 0 aliphatic carbocycles. The van der Waals surface area contributed by atoms with Crippen LogP contribution in [-0.4, -0.2) is 23.4 Å². The molecule has 0 bridgehead atoms. The highest BCUT2D eigenvalue weighted by atomic mass is 16.2.